The molecule has 8 nitrogen and oxygen atoms in total. The van der Waals surface area contributed by atoms with Gasteiger partial charge in [0, 0.05) is 39.0 Å². The van der Waals surface area contributed by atoms with E-state index in [0.717, 1.165) is 37.3 Å². The standard InChI is InChI=1S/C25H28N4O4/c1-32-19-9-7-18(8-10-19)22-23(25(31)29(24(22)30)17-20-5-4-16-33-20)28-14-12-27(13-15-28)21-6-2-3-11-26-21/h2-3,6-11,20H,4-5,12-17H2,1H3. The number of methoxy groups -OCH3 is 1. The van der Waals surface area contributed by atoms with Crippen LogP contribution >= 0.6 is 0 Å². The molecule has 2 aromatic rings. The fourth-order valence-electron chi connectivity index (χ4n) is 4.73. The van der Waals surface area contributed by atoms with Crippen LogP contribution in [0.1, 0.15) is 18.4 Å². The fraction of sp³-hybridized carbons (Fsp3) is 0.400. The van der Waals surface area contributed by atoms with Crippen molar-refractivity contribution in [3.8, 4) is 5.75 Å². The van der Waals surface area contributed by atoms with E-state index in [1.165, 1.54) is 4.90 Å². The first-order valence-corrected chi connectivity index (χ1v) is 11.4. The Balaban J connectivity index is 1.43. The summed E-state index contributed by atoms with van der Waals surface area (Å²) in [5.74, 6) is 1.16. The highest BCUT2D eigenvalue weighted by molar-refractivity contribution is 6.35. The van der Waals surface area contributed by atoms with E-state index in [-0.39, 0.29) is 17.9 Å². The molecule has 1 unspecified atom stereocenters. The molecule has 0 N–H and O–H groups in total. The first kappa shape index (κ1) is 21.5. The summed E-state index contributed by atoms with van der Waals surface area (Å²) in [5.41, 5.74) is 1.68. The minimum Gasteiger partial charge on any atom is -0.497 e. The summed E-state index contributed by atoms with van der Waals surface area (Å²) in [4.78, 5) is 37.1. The van der Waals surface area contributed by atoms with Crippen LogP contribution in [0.2, 0.25) is 0 Å². The molecule has 1 aromatic carbocycles. The van der Waals surface area contributed by atoms with Gasteiger partial charge in [0.15, 0.2) is 0 Å². The molecule has 8 heteroatoms. The van der Waals surface area contributed by atoms with Crippen LogP contribution in [0.25, 0.3) is 5.57 Å². The molecule has 5 rings (SSSR count). The van der Waals surface area contributed by atoms with Gasteiger partial charge >= 0.3 is 0 Å². The highest BCUT2D eigenvalue weighted by Crippen LogP contribution is 2.34. The Hall–Kier alpha value is -3.39. The number of pyridine rings is 1. The molecule has 1 atom stereocenters. The number of aromatic nitrogens is 1. The molecule has 0 radical (unpaired) electrons. The summed E-state index contributed by atoms with van der Waals surface area (Å²) in [5, 5.41) is 0. The molecular weight excluding hydrogens is 420 g/mol. The normalized spacial score (nSPS) is 21.4. The van der Waals surface area contributed by atoms with E-state index in [1.807, 2.05) is 42.5 Å². The van der Waals surface area contributed by atoms with Crippen LogP contribution in [0.3, 0.4) is 0 Å². The first-order chi connectivity index (χ1) is 16.2. The summed E-state index contributed by atoms with van der Waals surface area (Å²) < 4.78 is 11.0. The second kappa shape index (κ2) is 9.23. The van der Waals surface area contributed by atoms with Crippen LogP contribution in [0.5, 0.6) is 5.75 Å². The Bertz CT molecular complexity index is 1040. The maximum atomic E-state index is 13.6. The molecule has 2 saturated heterocycles. The number of hydrogen-bond donors (Lipinski definition) is 0. The third-order valence-electron chi connectivity index (χ3n) is 6.50. The van der Waals surface area contributed by atoms with Crippen molar-refractivity contribution in [3.05, 3.63) is 59.9 Å². The highest BCUT2D eigenvalue weighted by Gasteiger charge is 2.43. The number of ether oxygens (including phenoxy) is 2. The molecule has 0 bridgehead atoms. The van der Waals surface area contributed by atoms with E-state index >= 15 is 0 Å². The molecular formula is C25H28N4O4. The Morgan fingerprint density at radius 1 is 1.00 bits per heavy atom. The van der Waals surface area contributed by atoms with Gasteiger partial charge in [-0.15, -0.1) is 0 Å². The van der Waals surface area contributed by atoms with Crippen molar-refractivity contribution in [3.63, 3.8) is 0 Å². The van der Waals surface area contributed by atoms with E-state index in [0.29, 0.717) is 43.3 Å². The Morgan fingerprint density at radius 3 is 2.39 bits per heavy atom. The van der Waals surface area contributed by atoms with E-state index < -0.39 is 0 Å². The molecule has 33 heavy (non-hydrogen) atoms. The van der Waals surface area contributed by atoms with E-state index in [2.05, 4.69) is 14.8 Å². The Kier molecular flexibility index (Phi) is 6.00. The van der Waals surface area contributed by atoms with Crippen molar-refractivity contribution >= 4 is 23.2 Å². The van der Waals surface area contributed by atoms with Crippen LogP contribution in [0, 0.1) is 0 Å². The van der Waals surface area contributed by atoms with Crippen molar-refractivity contribution in [2.45, 2.75) is 18.9 Å². The third kappa shape index (κ3) is 4.18. The minimum atomic E-state index is -0.247. The predicted molar refractivity (Wildman–Crippen MR) is 124 cm³/mol. The van der Waals surface area contributed by atoms with E-state index in [9.17, 15) is 9.59 Å². The predicted octanol–water partition coefficient (Wildman–Crippen LogP) is 2.17. The lowest BCUT2D eigenvalue weighted by atomic mass is 10.0. The highest BCUT2D eigenvalue weighted by atomic mass is 16.5. The summed E-state index contributed by atoms with van der Waals surface area (Å²) in [6.07, 6.45) is 3.53. The van der Waals surface area contributed by atoms with Gasteiger partial charge in [-0.3, -0.25) is 14.5 Å². The number of amides is 2. The lowest BCUT2D eigenvalue weighted by molar-refractivity contribution is -0.139. The monoisotopic (exact) mass is 448 g/mol. The van der Waals surface area contributed by atoms with E-state index in [4.69, 9.17) is 9.47 Å². The Morgan fingerprint density at radius 2 is 1.76 bits per heavy atom. The molecule has 3 aliphatic heterocycles. The number of hydrogen-bond acceptors (Lipinski definition) is 7. The van der Waals surface area contributed by atoms with Crippen LogP contribution < -0.4 is 9.64 Å². The van der Waals surface area contributed by atoms with Gasteiger partial charge in [0.2, 0.25) is 0 Å². The second-order valence-electron chi connectivity index (χ2n) is 8.47. The van der Waals surface area contributed by atoms with Crippen molar-refractivity contribution in [2.24, 2.45) is 0 Å². The lowest BCUT2D eigenvalue weighted by Crippen LogP contribution is -2.48. The van der Waals surface area contributed by atoms with Crippen molar-refractivity contribution < 1.29 is 19.1 Å². The largest absolute Gasteiger partial charge is 0.497 e. The molecule has 0 saturated carbocycles. The zero-order valence-electron chi connectivity index (χ0n) is 18.8. The van der Waals surface area contributed by atoms with Gasteiger partial charge in [-0.2, -0.15) is 0 Å². The summed E-state index contributed by atoms with van der Waals surface area (Å²) >= 11 is 0. The van der Waals surface area contributed by atoms with Gasteiger partial charge in [0.25, 0.3) is 11.8 Å². The van der Waals surface area contributed by atoms with Crippen LogP contribution in [-0.4, -0.2) is 79.1 Å². The average Bonchev–Trinajstić information content (AvgIpc) is 3.47. The number of nitrogens with zero attached hydrogens (tertiary/aromatic N) is 4. The van der Waals surface area contributed by atoms with E-state index in [1.54, 1.807) is 13.3 Å². The van der Waals surface area contributed by atoms with Crippen LogP contribution in [-0.2, 0) is 14.3 Å². The number of anilines is 1. The third-order valence-corrected chi connectivity index (χ3v) is 6.50. The first-order valence-electron chi connectivity index (χ1n) is 11.4. The van der Waals surface area contributed by atoms with Gasteiger partial charge in [-0.25, -0.2) is 4.98 Å². The average molecular weight is 449 g/mol. The SMILES string of the molecule is COc1ccc(C2=C(N3CCN(c4ccccn4)CC3)C(=O)N(CC3CCCO3)C2=O)cc1. The quantitative estimate of drug-likeness (QED) is 0.627. The topological polar surface area (TPSA) is 75.2 Å². The van der Waals surface area contributed by atoms with Gasteiger partial charge in [0.1, 0.15) is 17.3 Å². The van der Waals surface area contributed by atoms with Crippen molar-refractivity contribution in [1.29, 1.82) is 0 Å². The number of carbonyl (C=O) groups excluding carboxylic acids is 2. The van der Waals surface area contributed by atoms with Crippen LogP contribution in [0.15, 0.2) is 54.4 Å². The smallest absolute Gasteiger partial charge is 0.277 e. The number of imide groups is 1. The second-order valence-corrected chi connectivity index (χ2v) is 8.47. The zero-order chi connectivity index (χ0) is 22.8. The molecule has 3 aliphatic rings. The minimum absolute atomic E-state index is 0.0876. The summed E-state index contributed by atoms with van der Waals surface area (Å²) in [6.45, 7) is 3.71. The molecule has 2 fully saturated rings. The van der Waals surface area contributed by atoms with Gasteiger partial charge < -0.3 is 19.3 Å². The fourth-order valence-corrected chi connectivity index (χ4v) is 4.73. The molecule has 4 heterocycles. The molecule has 2 amide bonds. The summed E-state index contributed by atoms with van der Waals surface area (Å²) in [6, 6.07) is 13.2. The number of piperazine rings is 1. The zero-order valence-corrected chi connectivity index (χ0v) is 18.8. The number of rotatable bonds is 6. The van der Waals surface area contributed by atoms with Crippen molar-refractivity contribution in [1.82, 2.24) is 14.8 Å². The Labute approximate surface area is 193 Å². The maximum absolute atomic E-state index is 13.6. The molecule has 0 spiro atoms. The van der Waals surface area contributed by atoms with Crippen LogP contribution in [0.4, 0.5) is 5.82 Å². The molecule has 1 aromatic heterocycles. The summed E-state index contributed by atoms with van der Waals surface area (Å²) in [7, 11) is 1.61. The van der Waals surface area contributed by atoms with Gasteiger partial charge in [-0.1, -0.05) is 18.2 Å². The van der Waals surface area contributed by atoms with Gasteiger partial charge in [-0.05, 0) is 42.7 Å². The maximum Gasteiger partial charge on any atom is 0.277 e. The lowest BCUT2D eigenvalue weighted by Gasteiger charge is -2.37. The van der Waals surface area contributed by atoms with Gasteiger partial charge in [0.05, 0.1) is 25.3 Å². The number of carbonyl (C=O) groups is 2. The number of benzene rings is 1. The molecule has 0 aliphatic carbocycles. The van der Waals surface area contributed by atoms with Crippen molar-refractivity contribution in [2.75, 3.05) is 51.3 Å². The molecule has 172 valence electrons.